The molecule has 13 nitrogen and oxygen atoms in total. The molecule has 0 spiro atoms. The lowest BCUT2D eigenvalue weighted by Crippen LogP contribution is -2.50. The van der Waals surface area contributed by atoms with Crippen LogP contribution in [0.4, 0.5) is 10.6 Å². The van der Waals surface area contributed by atoms with E-state index in [-0.39, 0.29) is 39.2 Å². The van der Waals surface area contributed by atoms with Gasteiger partial charge in [0.2, 0.25) is 11.8 Å². The van der Waals surface area contributed by atoms with Crippen LogP contribution in [-0.4, -0.2) is 87.1 Å². The molecule has 2 aromatic rings. The third-order valence-electron chi connectivity index (χ3n) is 6.35. The highest BCUT2D eigenvalue weighted by molar-refractivity contribution is 6.34. The van der Waals surface area contributed by atoms with E-state index in [1.165, 1.54) is 18.1 Å². The second-order valence-corrected chi connectivity index (χ2v) is 12.3. The third kappa shape index (κ3) is 15.8. The zero-order valence-corrected chi connectivity index (χ0v) is 28.8. The minimum Gasteiger partial charge on any atom is -0.469 e. The van der Waals surface area contributed by atoms with E-state index in [1.54, 1.807) is 57.3 Å². The molecule has 260 valence electrons. The molecule has 0 saturated carbocycles. The van der Waals surface area contributed by atoms with Gasteiger partial charge in [-0.2, -0.15) is 0 Å². The second-order valence-electron chi connectivity index (χ2n) is 11.4. The fourth-order valence-electron chi connectivity index (χ4n) is 4.19. The van der Waals surface area contributed by atoms with E-state index in [0.717, 1.165) is 0 Å². The number of halogens is 2. The van der Waals surface area contributed by atoms with Gasteiger partial charge < -0.3 is 35.3 Å². The molecule has 3 amide bonds. The van der Waals surface area contributed by atoms with Crippen LogP contribution in [-0.2, 0) is 33.3 Å². The van der Waals surface area contributed by atoms with Crippen LogP contribution in [0.15, 0.2) is 42.6 Å². The number of unbranched alkanes of at least 4 members (excludes halogenated alkanes) is 1. The summed E-state index contributed by atoms with van der Waals surface area (Å²) < 4.78 is 21.3. The zero-order chi connectivity index (χ0) is 34.8. The molecule has 0 aliphatic heterocycles. The Morgan fingerprint density at radius 1 is 0.979 bits per heavy atom. The first kappa shape index (κ1) is 39.7. The van der Waals surface area contributed by atoms with Crippen molar-refractivity contribution in [3.8, 4) is 0 Å². The molecular weight excluding hydrogens is 653 g/mol. The molecule has 0 radical (unpaired) electrons. The lowest BCUT2D eigenvalue weighted by molar-refractivity contribution is -0.141. The van der Waals surface area contributed by atoms with Crippen molar-refractivity contribution in [2.24, 2.45) is 5.73 Å². The number of amides is 3. The smallest absolute Gasteiger partial charge is 0.416 e. The molecular formula is C32H45Cl2N5O8. The summed E-state index contributed by atoms with van der Waals surface area (Å²) in [5, 5.41) is 6.13. The molecule has 0 bridgehead atoms. The molecule has 0 saturated heterocycles. The van der Waals surface area contributed by atoms with Crippen LogP contribution >= 0.6 is 23.2 Å². The Morgan fingerprint density at radius 3 is 2.30 bits per heavy atom. The summed E-state index contributed by atoms with van der Waals surface area (Å²) >= 11 is 12.3. The Labute approximate surface area is 285 Å². The van der Waals surface area contributed by atoms with Crippen molar-refractivity contribution in [2.75, 3.05) is 51.5 Å². The van der Waals surface area contributed by atoms with Gasteiger partial charge in [0, 0.05) is 35.8 Å². The van der Waals surface area contributed by atoms with Gasteiger partial charge in [0.05, 0.1) is 46.0 Å². The molecule has 47 heavy (non-hydrogen) atoms. The maximum Gasteiger partial charge on any atom is 0.416 e. The van der Waals surface area contributed by atoms with E-state index < -0.39 is 41.6 Å². The number of benzene rings is 1. The van der Waals surface area contributed by atoms with Crippen molar-refractivity contribution >= 4 is 52.9 Å². The van der Waals surface area contributed by atoms with Crippen LogP contribution in [0.3, 0.4) is 0 Å². The summed E-state index contributed by atoms with van der Waals surface area (Å²) in [5.74, 6) is -1.16. The Kier molecular flexibility index (Phi) is 17.5. The molecule has 0 aliphatic rings. The number of carbonyl (C=O) groups excluding carboxylic acids is 4. The van der Waals surface area contributed by atoms with E-state index >= 15 is 0 Å². The number of hydrogen-bond donors (Lipinski definition) is 3. The first-order valence-electron chi connectivity index (χ1n) is 15.2. The highest BCUT2D eigenvalue weighted by Crippen LogP contribution is 2.26. The molecule has 2 unspecified atom stereocenters. The number of nitrogens with one attached hydrogen (secondary N) is 2. The maximum atomic E-state index is 13.5. The fourth-order valence-corrected chi connectivity index (χ4v) is 4.73. The van der Waals surface area contributed by atoms with Crippen molar-refractivity contribution in [1.82, 2.24) is 15.6 Å². The summed E-state index contributed by atoms with van der Waals surface area (Å²) in [4.78, 5) is 57.3. The van der Waals surface area contributed by atoms with Gasteiger partial charge in [0.1, 0.15) is 17.5 Å². The highest BCUT2D eigenvalue weighted by atomic mass is 35.5. The normalized spacial score (nSPS) is 12.5. The van der Waals surface area contributed by atoms with Gasteiger partial charge in [-0.3, -0.25) is 19.3 Å². The number of pyridine rings is 1. The van der Waals surface area contributed by atoms with Crippen LogP contribution in [0.2, 0.25) is 10.0 Å². The summed E-state index contributed by atoms with van der Waals surface area (Å²) in [5.41, 5.74) is 5.21. The van der Waals surface area contributed by atoms with E-state index in [1.807, 2.05) is 0 Å². The molecule has 15 heteroatoms. The lowest BCUT2D eigenvalue weighted by atomic mass is 10.0. The molecule has 2 rings (SSSR count). The predicted octanol–water partition coefficient (Wildman–Crippen LogP) is 4.20. The number of rotatable bonds is 19. The number of hydrogen-bond acceptors (Lipinski definition) is 10. The summed E-state index contributed by atoms with van der Waals surface area (Å²) in [7, 11) is 1.23. The average Bonchev–Trinajstić information content (AvgIpc) is 3.00. The van der Waals surface area contributed by atoms with Crippen LogP contribution in [0.5, 0.6) is 0 Å². The van der Waals surface area contributed by atoms with Crippen LogP contribution < -0.4 is 21.3 Å². The van der Waals surface area contributed by atoms with Crippen LogP contribution in [0.1, 0.15) is 58.1 Å². The van der Waals surface area contributed by atoms with Gasteiger partial charge in [-0.25, -0.2) is 9.78 Å². The van der Waals surface area contributed by atoms with E-state index in [4.69, 9.17) is 47.9 Å². The van der Waals surface area contributed by atoms with Gasteiger partial charge in [0.15, 0.2) is 0 Å². The minimum absolute atomic E-state index is 0.0588. The van der Waals surface area contributed by atoms with E-state index in [2.05, 4.69) is 15.6 Å². The topological polar surface area (TPSA) is 171 Å². The Bertz CT molecular complexity index is 1280. The van der Waals surface area contributed by atoms with Gasteiger partial charge in [-0.05, 0) is 69.5 Å². The number of anilines is 1. The average molecular weight is 699 g/mol. The van der Waals surface area contributed by atoms with Gasteiger partial charge >= 0.3 is 12.1 Å². The number of esters is 1. The first-order chi connectivity index (χ1) is 22.3. The molecule has 0 aliphatic carbocycles. The second kappa shape index (κ2) is 20.7. The maximum absolute atomic E-state index is 13.5. The van der Waals surface area contributed by atoms with Crippen molar-refractivity contribution in [3.05, 3.63) is 58.2 Å². The van der Waals surface area contributed by atoms with Gasteiger partial charge in [-0.1, -0.05) is 29.3 Å². The Hall–Kier alpha value is -3.49. The number of nitrogens with two attached hydrogens (primary N) is 1. The molecule has 0 fully saturated rings. The van der Waals surface area contributed by atoms with E-state index in [0.29, 0.717) is 47.4 Å². The number of methoxy groups -OCH3 is 1. The van der Waals surface area contributed by atoms with Crippen LogP contribution in [0, 0.1) is 0 Å². The van der Waals surface area contributed by atoms with E-state index in [9.17, 15) is 19.2 Å². The Morgan fingerprint density at radius 2 is 1.68 bits per heavy atom. The molecule has 4 N–H and O–H groups in total. The number of aromatic nitrogens is 1. The SMILES string of the molecule is COC(=O)CC(NC(=O)C(COCCOCCN)NC(=O)CCCCN(C(=O)OC(C)(C)C)c1ccccn1)c1cc(Cl)cc(Cl)c1. The predicted molar refractivity (Wildman–Crippen MR) is 178 cm³/mol. The lowest BCUT2D eigenvalue weighted by Gasteiger charge is -2.26. The summed E-state index contributed by atoms with van der Waals surface area (Å²) in [6.07, 6.45) is 1.72. The number of nitrogens with zero attached hydrogens (tertiary/aromatic N) is 2. The molecule has 1 aromatic carbocycles. The molecule has 1 aromatic heterocycles. The monoisotopic (exact) mass is 697 g/mol. The first-order valence-corrected chi connectivity index (χ1v) is 16.0. The summed E-state index contributed by atoms with van der Waals surface area (Å²) in [6, 6.07) is 7.91. The van der Waals surface area contributed by atoms with Crippen molar-refractivity contribution in [1.29, 1.82) is 0 Å². The van der Waals surface area contributed by atoms with Gasteiger partial charge in [-0.15, -0.1) is 0 Å². The van der Waals surface area contributed by atoms with Crippen LogP contribution in [0.25, 0.3) is 0 Å². The standard InChI is InChI=1S/C32H45Cl2N5O8/c1-32(2,3)47-31(43)39(27-9-5-7-12-36-27)13-8-6-10-28(40)37-26(21-46-16-15-45-14-11-35)30(42)38-25(20-29(41)44-4)22-17-23(33)19-24(34)18-22/h5,7,9,12,17-19,25-26H,6,8,10-11,13-16,20-21,35H2,1-4H3,(H,37,40)(H,38,42). The van der Waals surface area contributed by atoms with Crippen molar-refractivity contribution < 1.29 is 38.1 Å². The number of ether oxygens (including phenoxy) is 4. The molecule has 1 heterocycles. The van der Waals surface area contributed by atoms with Crippen molar-refractivity contribution in [3.63, 3.8) is 0 Å². The van der Waals surface area contributed by atoms with Crippen molar-refractivity contribution in [2.45, 2.75) is 64.1 Å². The number of carbonyl (C=O) groups is 4. The zero-order valence-electron chi connectivity index (χ0n) is 27.3. The highest BCUT2D eigenvalue weighted by Gasteiger charge is 2.27. The molecule has 2 atom stereocenters. The largest absolute Gasteiger partial charge is 0.469 e. The van der Waals surface area contributed by atoms with Gasteiger partial charge in [0.25, 0.3) is 0 Å². The minimum atomic E-state index is -1.11. The third-order valence-corrected chi connectivity index (χ3v) is 6.78. The fraction of sp³-hybridized carbons (Fsp3) is 0.531. The summed E-state index contributed by atoms with van der Waals surface area (Å²) in [6.45, 7) is 6.52. The quantitative estimate of drug-likeness (QED) is 0.143. The Balaban J connectivity index is 2.09.